The van der Waals surface area contributed by atoms with Crippen molar-refractivity contribution in [2.75, 3.05) is 26.4 Å². The van der Waals surface area contributed by atoms with Crippen LogP contribution in [0.3, 0.4) is 0 Å². The van der Waals surface area contributed by atoms with E-state index in [1.165, 1.54) is 0 Å². The summed E-state index contributed by atoms with van der Waals surface area (Å²) >= 11 is 0. The predicted molar refractivity (Wildman–Crippen MR) is 55.2 cm³/mol. The van der Waals surface area contributed by atoms with Gasteiger partial charge >= 0.3 is 5.97 Å². The van der Waals surface area contributed by atoms with Gasteiger partial charge in [0.15, 0.2) is 0 Å². The summed E-state index contributed by atoms with van der Waals surface area (Å²) in [6, 6.07) is 0. The number of aliphatic hydroxyl groups is 1. The van der Waals surface area contributed by atoms with Crippen LogP contribution in [-0.2, 0) is 40.7 Å². The fourth-order valence-corrected chi connectivity index (χ4v) is 1.20. The van der Waals surface area contributed by atoms with Crippen LogP contribution >= 0.6 is 0 Å². The van der Waals surface area contributed by atoms with Crippen molar-refractivity contribution in [1.29, 1.82) is 0 Å². The van der Waals surface area contributed by atoms with Crippen molar-refractivity contribution in [3.8, 4) is 0 Å². The van der Waals surface area contributed by atoms with E-state index in [2.05, 4.69) is 0 Å². The molecule has 16 heavy (non-hydrogen) atoms. The molecule has 0 bridgehead atoms. The van der Waals surface area contributed by atoms with E-state index in [4.69, 9.17) is 18.9 Å². The topological polar surface area (TPSA) is 57.2 Å². The summed E-state index contributed by atoms with van der Waals surface area (Å²) in [7, 11) is 0. The van der Waals surface area contributed by atoms with Gasteiger partial charge in [-0.2, -0.15) is 0 Å². The van der Waals surface area contributed by atoms with E-state index in [0.29, 0.717) is 26.4 Å². The standard InChI is InChI=1S/C10H22O5.Ti/c1-5-12-9(11)10(13-6-2,14-7-3)15-8-4;/h9,11H,5-8H2,1-4H3;. The van der Waals surface area contributed by atoms with Gasteiger partial charge in [-0.15, -0.1) is 0 Å². The van der Waals surface area contributed by atoms with E-state index in [1.807, 2.05) is 0 Å². The summed E-state index contributed by atoms with van der Waals surface area (Å²) in [6.45, 7) is 8.62. The van der Waals surface area contributed by atoms with E-state index in [-0.39, 0.29) is 21.7 Å². The van der Waals surface area contributed by atoms with Gasteiger partial charge in [0, 0.05) is 48.1 Å². The monoisotopic (exact) mass is 270 g/mol. The first-order chi connectivity index (χ1) is 7.16. The molecule has 1 N–H and O–H groups in total. The molecule has 1 atom stereocenters. The molecule has 5 nitrogen and oxygen atoms in total. The minimum atomic E-state index is -1.51. The first-order valence-corrected chi connectivity index (χ1v) is 5.38. The van der Waals surface area contributed by atoms with Gasteiger partial charge in [0.1, 0.15) is 0 Å². The Labute approximate surface area is 112 Å². The van der Waals surface area contributed by atoms with Crippen LogP contribution in [0.25, 0.3) is 0 Å². The second kappa shape index (κ2) is 10.7. The van der Waals surface area contributed by atoms with Crippen LogP contribution in [0, 0.1) is 0 Å². The molecule has 0 aliphatic carbocycles. The molecule has 0 aliphatic rings. The van der Waals surface area contributed by atoms with Crippen molar-refractivity contribution < 1.29 is 45.8 Å². The average Bonchev–Trinajstić information content (AvgIpc) is 2.19. The summed E-state index contributed by atoms with van der Waals surface area (Å²) < 4.78 is 21.0. The molecule has 0 aromatic rings. The Kier molecular flexibility index (Phi) is 12.6. The Balaban J connectivity index is 0. The zero-order valence-corrected chi connectivity index (χ0v) is 12.0. The number of hydrogen-bond acceptors (Lipinski definition) is 5. The van der Waals surface area contributed by atoms with Gasteiger partial charge in [-0.1, -0.05) is 0 Å². The van der Waals surface area contributed by atoms with E-state index in [1.54, 1.807) is 27.7 Å². The fourth-order valence-electron chi connectivity index (χ4n) is 1.20. The van der Waals surface area contributed by atoms with Crippen molar-refractivity contribution in [3.63, 3.8) is 0 Å². The molecule has 0 rings (SSSR count). The zero-order chi connectivity index (χ0) is 11.7. The average molecular weight is 270 g/mol. The van der Waals surface area contributed by atoms with Crippen molar-refractivity contribution in [1.82, 2.24) is 0 Å². The van der Waals surface area contributed by atoms with E-state index < -0.39 is 12.3 Å². The van der Waals surface area contributed by atoms with Crippen molar-refractivity contribution in [2.24, 2.45) is 0 Å². The molecule has 96 valence electrons. The molecule has 0 fully saturated rings. The van der Waals surface area contributed by atoms with E-state index in [0.717, 1.165) is 0 Å². The summed E-state index contributed by atoms with van der Waals surface area (Å²) in [4.78, 5) is 0. The van der Waals surface area contributed by atoms with Crippen LogP contribution in [0.4, 0.5) is 0 Å². The summed E-state index contributed by atoms with van der Waals surface area (Å²) in [6.07, 6.45) is -1.25. The van der Waals surface area contributed by atoms with Crippen molar-refractivity contribution >= 4 is 0 Å². The Hall–Kier alpha value is 0.514. The van der Waals surface area contributed by atoms with Gasteiger partial charge in [0.05, 0.1) is 0 Å². The second-order valence-corrected chi connectivity index (χ2v) is 2.71. The van der Waals surface area contributed by atoms with Crippen molar-refractivity contribution in [3.05, 3.63) is 0 Å². The van der Waals surface area contributed by atoms with Crippen LogP contribution in [0.2, 0.25) is 0 Å². The molecule has 6 heteroatoms. The van der Waals surface area contributed by atoms with Crippen molar-refractivity contribution in [2.45, 2.75) is 40.0 Å². The third-order valence-corrected chi connectivity index (χ3v) is 1.66. The minimum absolute atomic E-state index is 0. The Morgan fingerprint density at radius 1 is 0.875 bits per heavy atom. The fraction of sp³-hybridized carbons (Fsp3) is 1.00. The smallest absolute Gasteiger partial charge is 0.337 e. The number of hydrogen-bond donors (Lipinski definition) is 1. The first-order valence-electron chi connectivity index (χ1n) is 5.38. The maximum Gasteiger partial charge on any atom is 0.337 e. The Morgan fingerprint density at radius 3 is 1.50 bits per heavy atom. The third kappa shape index (κ3) is 5.73. The van der Waals surface area contributed by atoms with Gasteiger partial charge < -0.3 is 24.1 Å². The van der Waals surface area contributed by atoms with Gasteiger partial charge in [-0.05, 0) is 27.7 Å². The molecule has 0 spiro atoms. The number of aliphatic hydroxyl groups excluding tert-OH is 1. The quantitative estimate of drug-likeness (QED) is 0.502. The molecule has 0 amide bonds. The van der Waals surface area contributed by atoms with E-state index >= 15 is 0 Å². The number of ether oxygens (including phenoxy) is 4. The molecular formula is C10H22O5Ti. The molecule has 0 aromatic carbocycles. The normalized spacial score (nSPS) is 13.3. The zero-order valence-electron chi connectivity index (χ0n) is 10.5. The molecule has 0 heterocycles. The largest absolute Gasteiger partial charge is 0.362 e. The molecule has 1 unspecified atom stereocenters. The SMILES string of the molecule is CCOC(O)C(OCC)(OCC)OCC.[Ti]. The third-order valence-electron chi connectivity index (χ3n) is 1.66. The predicted octanol–water partition coefficient (Wildman–Crippen LogP) is 1.10. The second-order valence-electron chi connectivity index (χ2n) is 2.71. The minimum Gasteiger partial charge on any atom is -0.362 e. The van der Waals surface area contributed by atoms with Gasteiger partial charge in [-0.3, -0.25) is 0 Å². The molecular weight excluding hydrogens is 248 g/mol. The maximum atomic E-state index is 9.76. The Morgan fingerprint density at radius 2 is 1.25 bits per heavy atom. The number of rotatable bonds is 9. The van der Waals surface area contributed by atoms with Crippen LogP contribution < -0.4 is 0 Å². The van der Waals surface area contributed by atoms with Crippen LogP contribution in [0.1, 0.15) is 27.7 Å². The molecule has 0 aliphatic heterocycles. The molecule has 0 saturated carbocycles. The van der Waals surface area contributed by atoms with Gasteiger partial charge in [0.25, 0.3) is 0 Å². The summed E-state index contributed by atoms with van der Waals surface area (Å²) in [5.41, 5.74) is 0. The van der Waals surface area contributed by atoms with Gasteiger partial charge in [-0.25, -0.2) is 0 Å². The summed E-state index contributed by atoms with van der Waals surface area (Å²) in [5, 5.41) is 9.76. The molecule has 0 radical (unpaired) electrons. The van der Waals surface area contributed by atoms with Crippen LogP contribution in [0.5, 0.6) is 0 Å². The van der Waals surface area contributed by atoms with Crippen LogP contribution in [0.15, 0.2) is 0 Å². The van der Waals surface area contributed by atoms with Crippen LogP contribution in [-0.4, -0.2) is 43.8 Å². The Bertz CT molecular complexity index is 139. The van der Waals surface area contributed by atoms with E-state index in [9.17, 15) is 5.11 Å². The van der Waals surface area contributed by atoms with Gasteiger partial charge in [0.2, 0.25) is 6.29 Å². The maximum absolute atomic E-state index is 9.76. The summed E-state index contributed by atoms with van der Waals surface area (Å²) in [5.74, 6) is -1.51. The molecule has 0 aromatic heterocycles. The molecule has 0 saturated heterocycles. The first kappa shape index (κ1) is 18.9.